The standard InChI is InChI=1S/C10H23N3/c1-4-7-11-10-6-5-8-13(9-10)12(2)3/h10-11H,4-9H2,1-3H3. The van der Waals surface area contributed by atoms with Crippen LogP contribution < -0.4 is 5.32 Å². The van der Waals surface area contributed by atoms with Gasteiger partial charge in [0.2, 0.25) is 0 Å². The Labute approximate surface area is 82.1 Å². The van der Waals surface area contributed by atoms with E-state index in [9.17, 15) is 0 Å². The molecule has 78 valence electrons. The van der Waals surface area contributed by atoms with Gasteiger partial charge in [-0.2, -0.15) is 0 Å². The predicted molar refractivity (Wildman–Crippen MR) is 56.6 cm³/mol. The van der Waals surface area contributed by atoms with Crippen LogP contribution in [0.25, 0.3) is 0 Å². The number of rotatable bonds is 4. The van der Waals surface area contributed by atoms with Crippen LogP contribution in [0.15, 0.2) is 0 Å². The molecule has 3 heteroatoms. The van der Waals surface area contributed by atoms with Crippen LogP contribution in [0, 0.1) is 0 Å². The summed E-state index contributed by atoms with van der Waals surface area (Å²) < 4.78 is 0. The highest BCUT2D eigenvalue weighted by molar-refractivity contribution is 4.75. The third kappa shape index (κ3) is 3.63. The Hall–Kier alpha value is -0.120. The van der Waals surface area contributed by atoms with E-state index in [2.05, 4.69) is 36.4 Å². The third-order valence-electron chi connectivity index (χ3n) is 2.65. The fourth-order valence-corrected chi connectivity index (χ4v) is 1.84. The Balaban J connectivity index is 2.25. The van der Waals surface area contributed by atoms with E-state index in [0.717, 1.165) is 6.54 Å². The molecule has 1 unspecified atom stereocenters. The van der Waals surface area contributed by atoms with Crippen molar-refractivity contribution in [1.29, 1.82) is 0 Å². The molecule has 0 aromatic carbocycles. The highest BCUT2D eigenvalue weighted by Crippen LogP contribution is 2.10. The van der Waals surface area contributed by atoms with Gasteiger partial charge in [0.1, 0.15) is 0 Å². The lowest BCUT2D eigenvalue weighted by molar-refractivity contribution is -0.00448. The van der Waals surface area contributed by atoms with Crippen LogP contribution in [-0.2, 0) is 0 Å². The summed E-state index contributed by atoms with van der Waals surface area (Å²) in [6.45, 7) is 5.77. The van der Waals surface area contributed by atoms with Crippen molar-refractivity contribution in [3.8, 4) is 0 Å². The van der Waals surface area contributed by atoms with E-state index < -0.39 is 0 Å². The van der Waals surface area contributed by atoms with Gasteiger partial charge in [-0.15, -0.1) is 0 Å². The second-order valence-electron chi connectivity index (χ2n) is 4.05. The summed E-state index contributed by atoms with van der Waals surface area (Å²) in [6.07, 6.45) is 3.89. The molecule has 1 fully saturated rings. The van der Waals surface area contributed by atoms with Gasteiger partial charge in [-0.3, -0.25) is 0 Å². The molecule has 1 heterocycles. The normalized spacial score (nSPS) is 25.4. The Kier molecular flexibility index (Phi) is 4.70. The van der Waals surface area contributed by atoms with Gasteiger partial charge in [-0.05, 0) is 25.8 Å². The minimum atomic E-state index is 0.705. The van der Waals surface area contributed by atoms with E-state index >= 15 is 0 Å². The number of nitrogens with zero attached hydrogens (tertiary/aromatic N) is 2. The molecule has 0 aromatic heterocycles. The molecule has 1 N–H and O–H groups in total. The van der Waals surface area contributed by atoms with Crippen LogP contribution in [0.3, 0.4) is 0 Å². The average molecular weight is 185 g/mol. The van der Waals surface area contributed by atoms with E-state index in [1.807, 2.05) is 0 Å². The maximum atomic E-state index is 3.59. The lowest BCUT2D eigenvalue weighted by Crippen LogP contribution is -2.50. The average Bonchev–Trinajstić information content (AvgIpc) is 2.15. The fraction of sp³-hybridized carbons (Fsp3) is 1.00. The second-order valence-corrected chi connectivity index (χ2v) is 4.05. The summed E-state index contributed by atoms with van der Waals surface area (Å²) in [6, 6.07) is 0.705. The van der Waals surface area contributed by atoms with Crippen molar-refractivity contribution in [2.75, 3.05) is 33.7 Å². The summed E-state index contributed by atoms with van der Waals surface area (Å²) in [7, 11) is 4.25. The zero-order valence-electron chi connectivity index (χ0n) is 9.21. The van der Waals surface area contributed by atoms with Gasteiger partial charge >= 0.3 is 0 Å². The molecule has 3 nitrogen and oxygen atoms in total. The first kappa shape index (κ1) is 11.0. The fourth-order valence-electron chi connectivity index (χ4n) is 1.84. The van der Waals surface area contributed by atoms with Gasteiger partial charge in [0.15, 0.2) is 0 Å². The van der Waals surface area contributed by atoms with Gasteiger partial charge in [0, 0.05) is 33.2 Å². The third-order valence-corrected chi connectivity index (χ3v) is 2.65. The van der Waals surface area contributed by atoms with Gasteiger partial charge in [0.05, 0.1) is 0 Å². The molecule has 0 spiro atoms. The number of hydrazine groups is 1. The van der Waals surface area contributed by atoms with Crippen molar-refractivity contribution in [2.45, 2.75) is 32.2 Å². The SMILES string of the molecule is CCCNC1CCCN(N(C)C)C1. The molecular weight excluding hydrogens is 162 g/mol. The minimum Gasteiger partial charge on any atom is -0.313 e. The van der Waals surface area contributed by atoms with Crippen LogP contribution in [0.1, 0.15) is 26.2 Å². The van der Waals surface area contributed by atoms with Gasteiger partial charge in [-0.1, -0.05) is 6.92 Å². The first-order chi connectivity index (χ1) is 6.24. The summed E-state index contributed by atoms with van der Waals surface area (Å²) in [5, 5.41) is 8.21. The Bertz CT molecular complexity index is 136. The summed E-state index contributed by atoms with van der Waals surface area (Å²) in [5.41, 5.74) is 0. The molecule has 0 amide bonds. The highest BCUT2D eigenvalue weighted by atomic mass is 15.6. The summed E-state index contributed by atoms with van der Waals surface area (Å²) in [4.78, 5) is 0. The molecule has 13 heavy (non-hydrogen) atoms. The van der Waals surface area contributed by atoms with Crippen LogP contribution in [0.2, 0.25) is 0 Å². The van der Waals surface area contributed by atoms with E-state index in [-0.39, 0.29) is 0 Å². The number of nitrogens with one attached hydrogen (secondary N) is 1. The molecule has 0 radical (unpaired) electrons. The minimum absolute atomic E-state index is 0.705. The molecule has 0 aliphatic carbocycles. The Morgan fingerprint density at radius 2 is 2.23 bits per heavy atom. The largest absolute Gasteiger partial charge is 0.313 e. The smallest absolute Gasteiger partial charge is 0.0287 e. The van der Waals surface area contributed by atoms with Crippen molar-refractivity contribution in [1.82, 2.24) is 15.3 Å². The molecule has 1 aliphatic heterocycles. The molecule has 1 rings (SSSR count). The lowest BCUT2D eigenvalue weighted by atomic mass is 10.1. The highest BCUT2D eigenvalue weighted by Gasteiger charge is 2.19. The summed E-state index contributed by atoms with van der Waals surface area (Å²) >= 11 is 0. The molecule has 0 saturated carbocycles. The number of piperidine rings is 1. The van der Waals surface area contributed by atoms with Gasteiger partial charge < -0.3 is 5.32 Å². The molecule has 1 aliphatic rings. The maximum Gasteiger partial charge on any atom is 0.0287 e. The van der Waals surface area contributed by atoms with Crippen molar-refractivity contribution in [2.24, 2.45) is 0 Å². The van der Waals surface area contributed by atoms with Crippen molar-refractivity contribution in [3.63, 3.8) is 0 Å². The van der Waals surface area contributed by atoms with E-state index in [1.54, 1.807) is 0 Å². The molecule has 1 atom stereocenters. The first-order valence-corrected chi connectivity index (χ1v) is 5.39. The van der Waals surface area contributed by atoms with Crippen LogP contribution in [-0.4, -0.2) is 49.8 Å². The Morgan fingerprint density at radius 3 is 2.85 bits per heavy atom. The molecule has 1 saturated heterocycles. The monoisotopic (exact) mass is 185 g/mol. The van der Waals surface area contributed by atoms with Crippen LogP contribution in [0.5, 0.6) is 0 Å². The predicted octanol–water partition coefficient (Wildman–Crippen LogP) is 0.927. The zero-order chi connectivity index (χ0) is 9.68. The maximum absolute atomic E-state index is 3.59. The van der Waals surface area contributed by atoms with Crippen LogP contribution in [0.4, 0.5) is 0 Å². The summed E-state index contributed by atoms with van der Waals surface area (Å²) in [5.74, 6) is 0. The van der Waals surface area contributed by atoms with E-state index in [4.69, 9.17) is 0 Å². The Morgan fingerprint density at radius 1 is 1.46 bits per heavy atom. The second kappa shape index (κ2) is 5.58. The van der Waals surface area contributed by atoms with Crippen molar-refractivity contribution >= 4 is 0 Å². The molecule has 0 bridgehead atoms. The van der Waals surface area contributed by atoms with Gasteiger partial charge in [-0.25, -0.2) is 10.0 Å². The van der Waals surface area contributed by atoms with Crippen molar-refractivity contribution in [3.05, 3.63) is 0 Å². The topological polar surface area (TPSA) is 18.5 Å². The van der Waals surface area contributed by atoms with E-state index in [1.165, 1.54) is 32.4 Å². The number of hydrogen-bond donors (Lipinski definition) is 1. The quantitative estimate of drug-likeness (QED) is 0.703. The first-order valence-electron chi connectivity index (χ1n) is 5.39. The van der Waals surface area contributed by atoms with Crippen LogP contribution >= 0.6 is 0 Å². The molecular formula is C10H23N3. The lowest BCUT2D eigenvalue weighted by Gasteiger charge is -2.37. The zero-order valence-corrected chi connectivity index (χ0v) is 9.21. The van der Waals surface area contributed by atoms with Crippen molar-refractivity contribution < 1.29 is 0 Å². The number of hydrogen-bond acceptors (Lipinski definition) is 3. The van der Waals surface area contributed by atoms with E-state index in [0.29, 0.717) is 6.04 Å². The molecule has 0 aromatic rings. The van der Waals surface area contributed by atoms with Gasteiger partial charge in [0.25, 0.3) is 0 Å².